The van der Waals surface area contributed by atoms with Gasteiger partial charge in [0.1, 0.15) is 0 Å². The first-order valence-electron chi connectivity index (χ1n) is 8.70. The molecular weight excluding hydrogens is 308 g/mol. The number of hydrogen-bond acceptors (Lipinski definition) is 5. The number of carbonyl (C=O) groups is 1. The van der Waals surface area contributed by atoms with E-state index >= 15 is 0 Å². The van der Waals surface area contributed by atoms with E-state index in [0.717, 1.165) is 38.7 Å². The Hall–Kier alpha value is -1.66. The number of nitrogens with zero attached hydrogens (tertiary/aromatic N) is 2. The lowest BCUT2D eigenvalue weighted by Gasteiger charge is -2.46. The van der Waals surface area contributed by atoms with Crippen molar-refractivity contribution in [3.63, 3.8) is 0 Å². The molecule has 3 heterocycles. The predicted molar refractivity (Wildman–Crippen MR) is 89.0 cm³/mol. The Morgan fingerprint density at radius 1 is 1.46 bits per heavy atom. The molecule has 24 heavy (non-hydrogen) atoms. The fraction of sp³-hybridized carbons (Fsp3) is 0.667. The minimum atomic E-state index is -0.104. The molecule has 132 valence electrons. The van der Waals surface area contributed by atoms with E-state index in [1.54, 1.807) is 25.4 Å². The van der Waals surface area contributed by atoms with Crippen LogP contribution in [0.1, 0.15) is 42.5 Å². The summed E-state index contributed by atoms with van der Waals surface area (Å²) >= 11 is 0. The molecule has 0 aromatic carbocycles. The average Bonchev–Trinajstić information content (AvgIpc) is 2.62. The molecule has 1 atom stereocenters. The van der Waals surface area contributed by atoms with Crippen molar-refractivity contribution in [2.45, 2.75) is 37.7 Å². The van der Waals surface area contributed by atoms with E-state index in [1.165, 1.54) is 0 Å². The highest BCUT2D eigenvalue weighted by molar-refractivity contribution is 5.94. The lowest BCUT2D eigenvalue weighted by molar-refractivity contribution is -0.125. The lowest BCUT2D eigenvalue weighted by Crippen LogP contribution is -2.50. The summed E-state index contributed by atoms with van der Waals surface area (Å²) in [5, 5.41) is 9.18. The lowest BCUT2D eigenvalue weighted by atomic mass is 9.78. The van der Waals surface area contributed by atoms with Crippen LogP contribution in [-0.2, 0) is 4.74 Å². The van der Waals surface area contributed by atoms with Gasteiger partial charge in [-0.05, 0) is 44.1 Å². The molecule has 0 radical (unpaired) electrons. The van der Waals surface area contributed by atoms with Crippen LogP contribution in [0.15, 0.2) is 18.3 Å². The summed E-state index contributed by atoms with van der Waals surface area (Å²) in [6.45, 7) is 2.42. The molecule has 1 spiro atoms. The van der Waals surface area contributed by atoms with Crippen molar-refractivity contribution in [3.8, 4) is 5.88 Å². The van der Waals surface area contributed by atoms with Gasteiger partial charge in [0.2, 0.25) is 5.88 Å². The fourth-order valence-corrected chi connectivity index (χ4v) is 3.83. The van der Waals surface area contributed by atoms with Gasteiger partial charge in [0, 0.05) is 38.6 Å². The zero-order valence-electron chi connectivity index (χ0n) is 14.2. The number of aliphatic hydroxyl groups excluding tert-OH is 1. The highest BCUT2D eigenvalue weighted by Crippen LogP contribution is 2.38. The van der Waals surface area contributed by atoms with Crippen LogP contribution in [-0.4, -0.2) is 59.9 Å². The Morgan fingerprint density at radius 3 is 2.88 bits per heavy atom. The van der Waals surface area contributed by atoms with Crippen LogP contribution in [0.5, 0.6) is 5.88 Å². The van der Waals surface area contributed by atoms with E-state index in [0.29, 0.717) is 30.5 Å². The van der Waals surface area contributed by atoms with Gasteiger partial charge in [-0.25, -0.2) is 4.98 Å². The van der Waals surface area contributed by atoms with Gasteiger partial charge in [-0.2, -0.15) is 0 Å². The minimum Gasteiger partial charge on any atom is -0.481 e. The molecule has 1 amide bonds. The molecular formula is C18H26N2O4. The van der Waals surface area contributed by atoms with Crippen LogP contribution in [0.2, 0.25) is 0 Å². The number of hydrogen-bond donors (Lipinski definition) is 1. The number of carbonyl (C=O) groups excluding carboxylic acids is 1. The molecule has 2 aliphatic heterocycles. The van der Waals surface area contributed by atoms with Gasteiger partial charge in [0.05, 0.1) is 18.3 Å². The molecule has 0 aliphatic carbocycles. The smallest absolute Gasteiger partial charge is 0.255 e. The van der Waals surface area contributed by atoms with Crippen molar-refractivity contribution in [1.82, 2.24) is 9.88 Å². The topological polar surface area (TPSA) is 71.9 Å². The van der Waals surface area contributed by atoms with Crippen molar-refractivity contribution >= 4 is 5.91 Å². The molecule has 1 aromatic rings. The van der Waals surface area contributed by atoms with Gasteiger partial charge < -0.3 is 19.5 Å². The summed E-state index contributed by atoms with van der Waals surface area (Å²) in [4.78, 5) is 18.6. The first-order valence-corrected chi connectivity index (χ1v) is 8.70. The maximum absolute atomic E-state index is 12.6. The second-order valence-corrected chi connectivity index (χ2v) is 6.78. The second-order valence-electron chi connectivity index (χ2n) is 6.78. The Kier molecular flexibility index (Phi) is 5.36. The molecule has 0 bridgehead atoms. The highest BCUT2D eigenvalue weighted by atomic mass is 16.5. The summed E-state index contributed by atoms with van der Waals surface area (Å²) in [6, 6.07) is 3.47. The third kappa shape index (κ3) is 3.70. The van der Waals surface area contributed by atoms with Gasteiger partial charge in [0.25, 0.3) is 5.91 Å². The summed E-state index contributed by atoms with van der Waals surface area (Å²) in [5.41, 5.74) is 0.488. The first-order chi connectivity index (χ1) is 11.7. The predicted octanol–water partition coefficient (Wildman–Crippen LogP) is 1.87. The first kappa shape index (κ1) is 17.2. The normalized spacial score (nSPS) is 23.2. The monoisotopic (exact) mass is 334 g/mol. The molecule has 6 heteroatoms. The Balaban J connectivity index is 1.58. The number of likely N-dealkylation sites (tertiary alicyclic amines) is 1. The molecule has 6 nitrogen and oxygen atoms in total. The van der Waals surface area contributed by atoms with Crippen LogP contribution < -0.4 is 4.74 Å². The van der Waals surface area contributed by atoms with E-state index in [4.69, 9.17) is 9.47 Å². The van der Waals surface area contributed by atoms with Gasteiger partial charge in [-0.15, -0.1) is 0 Å². The number of methoxy groups -OCH3 is 1. The maximum atomic E-state index is 12.6. The van der Waals surface area contributed by atoms with Gasteiger partial charge in [-0.1, -0.05) is 0 Å². The number of amides is 1. The maximum Gasteiger partial charge on any atom is 0.255 e. The molecule has 2 saturated heterocycles. The molecule has 3 rings (SSSR count). The number of pyridine rings is 1. The molecule has 2 fully saturated rings. The summed E-state index contributed by atoms with van der Waals surface area (Å²) in [5.74, 6) is 1.06. The Bertz CT molecular complexity index is 551. The number of aromatic nitrogens is 1. The average molecular weight is 334 g/mol. The van der Waals surface area contributed by atoms with Crippen LogP contribution in [0.4, 0.5) is 0 Å². The van der Waals surface area contributed by atoms with Crippen LogP contribution in [0.3, 0.4) is 0 Å². The molecule has 1 unspecified atom stereocenters. The van der Waals surface area contributed by atoms with Crippen molar-refractivity contribution in [1.29, 1.82) is 0 Å². The Morgan fingerprint density at radius 2 is 2.25 bits per heavy atom. The van der Waals surface area contributed by atoms with E-state index in [1.807, 2.05) is 4.90 Å². The quantitative estimate of drug-likeness (QED) is 0.910. The van der Waals surface area contributed by atoms with E-state index < -0.39 is 0 Å². The van der Waals surface area contributed by atoms with Crippen LogP contribution in [0, 0.1) is 5.92 Å². The van der Waals surface area contributed by atoms with Gasteiger partial charge in [0.15, 0.2) is 0 Å². The van der Waals surface area contributed by atoms with Crippen LogP contribution >= 0.6 is 0 Å². The van der Waals surface area contributed by atoms with Gasteiger partial charge in [-0.3, -0.25) is 4.79 Å². The molecule has 1 N–H and O–H groups in total. The molecule has 0 saturated carbocycles. The second kappa shape index (κ2) is 7.49. The highest BCUT2D eigenvalue weighted by Gasteiger charge is 2.41. The zero-order chi connectivity index (χ0) is 17.0. The third-order valence-corrected chi connectivity index (χ3v) is 5.29. The van der Waals surface area contributed by atoms with Crippen molar-refractivity contribution in [3.05, 3.63) is 23.9 Å². The minimum absolute atomic E-state index is 0.0164. The molecule has 1 aromatic heterocycles. The Labute approximate surface area is 142 Å². The van der Waals surface area contributed by atoms with Gasteiger partial charge >= 0.3 is 0 Å². The number of rotatable bonds is 4. The van der Waals surface area contributed by atoms with Crippen molar-refractivity contribution in [2.75, 3.05) is 33.4 Å². The van der Waals surface area contributed by atoms with Crippen LogP contribution in [0.25, 0.3) is 0 Å². The summed E-state index contributed by atoms with van der Waals surface area (Å²) in [7, 11) is 1.56. The standard InChI is InChI=1S/C18H26N2O4/c1-23-16-3-2-15(13-19-16)17(22)20-8-6-18(7-9-20)12-14(4-10-21)5-11-24-18/h2-3,13-14,21H,4-12H2,1H3. The van der Waals surface area contributed by atoms with Crippen molar-refractivity contribution in [2.24, 2.45) is 5.92 Å². The zero-order valence-corrected chi connectivity index (χ0v) is 14.2. The fourth-order valence-electron chi connectivity index (χ4n) is 3.83. The SMILES string of the molecule is COc1ccc(C(=O)N2CCC3(CC2)CC(CCO)CCO3)cn1. The van der Waals surface area contributed by atoms with E-state index in [-0.39, 0.29) is 18.1 Å². The van der Waals surface area contributed by atoms with E-state index in [9.17, 15) is 9.90 Å². The number of aliphatic hydroxyl groups is 1. The van der Waals surface area contributed by atoms with Crippen molar-refractivity contribution < 1.29 is 19.4 Å². The van der Waals surface area contributed by atoms with E-state index in [2.05, 4.69) is 4.98 Å². The number of piperidine rings is 1. The number of ether oxygens (including phenoxy) is 2. The summed E-state index contributed by atoms with van der Waals surface area (Å²) in [6.07, 6.45) is 6.18. The summed E-state index contributed by atoms with van der Waals surface area (Å²) < 4.78 is 11.1. The third-order valence-electron chi connectivity index (χ3n) is 5.29. The molecule has 2 aliphatic rings. The largest absolute Gasteiger partial charge is 0.481 e.